The number of amides is 1. The van der Waals surface area contributed by atoms with Gasteiger partial charge >= 0.3 is 0 Å². The zero-order valence-corrected chi connectivity index (χ0v) is 18.9. The van der Waals surface area contributed by atoms with Crippen LogP contribution in [0.25, 0.3) is 0 Å². The first-order chi connectivity index (χ1) is 14.9. The lowest BCUT2D eigenvalue weighted by atomic mass is 10.1. The summed E-state index contributed by atoms with van der Waals surface area (Å²) in [7, 11) is -1.03. The molecule has 31 heavy (non-hydrogen) atoms. The van der Waals surface area contributed by atoms with Gasteiger partial charge in [0.25, 0.3) is 0 Å². The van der Waals surface area contributed by atoms with Gasteiger partial charge in [-0.2, -0.15) is 4.72 Å². The molecule has 0 spiro atoms. The molecule has 0 aliphatic carbocycles. The fraction of sp³-hybridized carbons (Fsp3) is 0.435. The molecule has 1 N–H and O–H groups in total. The van der Waals surface area contributed by atoms with Crippen molar-refractivity contribution in [2.24, 2.45) is 0 Å². The predicted molar refractivity (Wildman–Crippen MR) is 119 cm³/mol. The monoisotopic (exact) mass is 446 g/mol. The molecule has 7 nitrogen and oxygen atoms in total. The topological polar surface area (TPSA) is 84.9 Å². The number of methoxy groups -OCH3 is 2. The summed E-state index contributed by atoms with van der Waals surface area (Å²) in [5.41, 5.74) is 0.894. The van der Waals surface area contributed by atoms with Gasteiger partial charge in [-0.05, 0) is 37.0 Å². The number of ether oxygens (including phenoxy) is 2. The Morgan fingerprint density at radius 1 is 0.968 bits per heavy atom. The Balaban J connectivity index is 1.88. The van der Waals surface area contributed by atoms with Crippen molar-refractivity contribution in [3.63, 3.8) is 0 Å². The summed E-state index contributed by atoms with van der Waals surface area (Å²) in [6.45, 7) is 1.31. The first-order valence-electron chi connectivity index (χ1n) is 10.5. The second kappa shape index (κ2) is 10.6. The molecule has 2 aromatic carbocycles. The van der Waals surface area contributed by atoms with E-state index in [2.05, 4.69) is 4.72 Å². The van der Waals surface area contributed by atoms with E-state index in [0.29, 0.717) is 24.6 Å². The molecule has 1 unspecified atom stereocenters. The van der Waals surface area contributed by atoms with Gasteiger partial charge in [0.1, 0.15) is 6.04 Å². The number of hydrogen-bond acceptors (Lipinski definition) is 5. The van der Waals surface area contributed by atoms with Crippen LogP contribution in [-0.2, 0) is 21.2 Å². The van der Waals surface area contributed by atoms with E-state index in [1.54, 1.807) is 4.90 Å². The van der Waals surface area contributed by atoms with Gasteiger partial charge in [-0.1, -0.05) is 43.2 Å². The van der Waals surface area contributed by atoms with E-state index in [1.165, 1.54) is 32.4 Å². The van der Waals surface area contributed by atoms with Crippen molar-refractivity contribution in [3.8, 4) is 11.5 Å². The quantitative estimate of drug-likeness (QED) is 0.674. The molecule has 1 atom stereocenters. The van der Waals surface area contributed by atoms with Gasteiger partial charge in [0.05, 0.1) is 19.1 Å². The molecule has 0 radical (unpaired) electrons. The van der Waals surface area contributed by atoms with Crippen LogP contribution in [0.2, 0.25) is 0 Å². The minimum atomic E-state index is -3.96. The summed E-state index contributed by atoms with van der Waals surface area (Å²) in [5.74, 6) is 0.557. The maximum atomic E-state index is 13.3. The van der Waals surface area contributed by atoms with Crippen molar-refractivity contribution in [3.05, 3.63) is 54.1 Å². The number of carbonyl (C=O) groups excluding carboxylic acids is 1. The molecule has 1 fully saturated rings. The number of likely N-dealkylation sites (tertiary alicyclic amines) is 1. The van der Waals surface area contributed by atoms with E-state index < -0.39 is 16.1 Å². The predicted octanol–water partition coefficient (Wildman–Crippen LogP) is 3.00. The third kappa shape index (κ3) is 5.98. The van der Waals surface area contributed by atoms with Crippen LogP contribution in [0.3, 0.4) is 0 Å². The molecular weight excluding hydrogens is 416 g/mol. The highest BCUT2D eigenvalue weighted by Crippen LogP contribution is 2.29. The maximum absolute atomic E-state index is 13.3. The summed E-state index contributed by atoms with van der Waals surface area (Å²) in [6.07, 6.45) is 4.33. The minimum Gasteiger partial charge on any atom is -0.493 e. The number of nitrogens with zero attached hydrogens (tertiary/aromatic N) is 1. The molecule has 2 aromatic rings. The van der Waals surface area contributed by atoms with Crippen LogP contribution in [-0.4, -0.2) is 52.6 Å². The third-order valence-corrected chi connectivity index (χ3v) is 6.93. The molecule has 0 aromatic heterocycles. The van der Waals surface area contributed by atoms with Crippen LogP contribution in [0.15, 0.2) is 53.4 Å². The number of carbonyl (C=O) groups is 1. The van der Waals surface area contributed by atoms with E-state index in [0.717, 1.165) is 31.2 Å². The van der Waals surface area contributed by atoms with Gasteiger partial charge in [0, 0.05) is 19.2 Å². The molecule has 1 amide bonds. The van der Waals surface area contributed by atoms with Crippen LogP contribution in [0, 0.1) is 0 Å². The second-order valence-electron chi connectivity index (χ2n) is 7.62. The first kappa shape index (κ1) is 23.1. The summed E-state index contributed by atoms with van der Waals surface area (Å²) in [4.78, 5) is 15.2. The van der Waals surface area contributed by atoms with E-state index in [-0.39, 0.29) is 17.2 Å². The summed E-state index contributed by atoms with van der Waals surface area (Å²) in [5, 5.41) is 0. The standard InChI is InChI=1S/C23H30N2O5S/c1-29-21-13-12-19(17-22(21)30-2)31(27,28)24-20(16-18-10-6-5-7-11-18)23(26)25-14-8-3-4-9-15-25/h5-7,10-13,17,20,24H,3-4,8-9,14-16H2,1-2H3. The fourth-order valence-electron chi connectivity index (χ4n) is 3.78. The molecule has 1 saturated heterocycles. The van der Waals surface area contributed by atoms with Gasteiger partial charge in [-0.25, -0.2) is 8.42 Å². The molecular formula is C23H30N2O5S. The van der Waals surface area contributed by atoms with Crippen LogP contribution in [0.5, 0.6) is 11.5 Å². The zero-order chi connectivity index (χ0) is 22.3. The van der Waals surface area contributed by atoms with Crippen LogP contribution >= 0.6 is 0 Å². The molecule has 1 heterocycles. The number of benzene rings is 2. The SMILES string of the molecule is COc1ccc(S(=O)(=O)NC(Cc2ccccc2)C(=O)N2CCCCCC2)cc1OC. The molecule has 1 aliphatic heterocycles. The highest BCUT2D eigenvalue weighted by molar-refractivity contribution is 7.89. The fourth-order valence-corrected chi connectivity index (χ4v) is 4.98. The largest absolute Gasteiger partial charge is 0.493 e. The van der Waals surface area contributed by atoms with E-state index in [4.69, 9.17) is 9.47 Å². The van der Waals surface area contributed by atoms with Crippen molar-refractivity contribution >= 4 is 15.9 Å². The lowest BCUT2D eigenvalue weighted by molar-refractivity contribution is -0.132. The molecule has 0 saturated carbocycles. The van der Waals surface area contributed by atoms with Crippen LogP contribution in [0.1, 0.15) is 31.2 Å². The van der Waals surface area contributed by atoms with Gasteiger partial charge in [-0.3, -0.25) is 4.79 Å². The lowest BCUT2D eigenvalue weighted by Crippen LogP contribution is -2.49. The van der Waals surface area contributed by atoms with Crippen molar-refractivity contribution in [1.82, 2.24) is 9.62 Å². The smallest absolute Gasteiger partial charge is 0.241 e. The van der Waals surface area contributed by atoms with Crippen molar-refractivity contribution in [2.75, 3.05) is 27.3 Å². The van der Waals surface area contributed by atoms with E-state index in [1.807, 2.05) is 30.3 Å². The average molecular weight is 447 g/mol. The highest BCUT2D eigenvalue weighted by Gasteiger charge is 2.30. The zero-order valence-electron chi connectivity index (χ0n) is 18.0. The van der Waals surface area contributed by atoms with Crippen molar-refractivity contribution < 1.29 is 22.7 Å². The molecule has 8 heteroatoms. The van der Waals surface area contributed by atoms with Gasteiger partial charge in [0.2, 0.25) is 15.9 Å². The van der Waals surface area contributed by atoms with Gasteiger partial charge < -0.3 is 14.4 Å². The highest BCUT2D eigenvalue weighted by atomic mass is 32.2. The Bertz CT molecular complexity index is 971. The summed E-state index contributed by atoms with van der Waals surface area (Å²) >= 11 is 0. The van der Waals surface area contributed by atoms with Crippen molar-refractivity contribution in [2.45, 2.75) is 43.0 Å². The number of sulfonamides is 1. The van der Waals surface area contributed by atoms with Gasteiger partial charge in [-0.15, -0.1) is 0 Å². The number of hydrogen-bond donors (Lipinski definition) is 1. The average Bonchev–Trinajstić information content (AvgIpc) is 3.08. The number of nitrogens with one attached hydrogen (secondary N) is 1. The molecule has 0 bridgehead atoms. The third-order valence-electron chi connectivity index (χ3n) is 5.46. The molecule has 3 rings (SSSR count). The second-order valence-corrected chi connectivity index (χ2v) is 9.33. The maximum Gasteiger partial charge on any atom is 0.241 e. The Hall–Kier alpha value is -2.58. The Morgan fingerprint density at radius 2 is 1.61 bits per heavy atom. The van der Waals surface area contributed by atoms with E-state index >= 15 is 0 Å². The number of rotatable bonds is 8. The normalized spacial score (nSPS) is 15.7. The molecule has 1 aliphatic rings. The lowest BCUT2D eigenvalue weighted by Gasteiger charge is -2.27. The molecule has 168 valence electrons. The van der Waals surface area contributed by atoms with E-state index in [9.17, 15) is 13.2 Å². The first-order valence-corrected chi connectivity index (χ1v) is 12.0. The van der Waals surface area contributed by atoms with Crippen LogP contribution < -0.4 is 14.2 Å². The van der Waals surface area contributed by atoms with Gasteiger partial charge in [0.15, 0.2) is 11.5 Å². The Labute approximate surface area is 184 Å². The summed E-state index contributed by atoms with van der Waals surface area (Å²) in [6, 6.07) is 12.9. The minimum absolute atomic E-state index is 0.0203. The van der Waals surface area contributed by atoms with Crippen molar-refractivity contribution in [1.29, 1.82) is 0 Å². The Morgan fingerprint density at radius 3 is 2.23 bits per heavy atom. The summed E-state index contributed by atoms with van der Waals surface area (Å²) < 4.78 is 39.4. The van der Waals surface area contributed by atoms with Crippen LogP contribution in [0.4, 0.5) is 0 Å². The Kier molecular flexibility index (Phi) is 7.92.